The van der Waals surface area contributed by atoms with Crippen molar-refractivity contribution in [1.82, 2.24) is 20.2 Å². The summed E-state index contributed by atoms with van der Waals surface area (Å²) in [6.45, 7) is 4.01. The number of nitrogens with one attached hydrogen (secondary N) is 3. The van der Waals surface area contributed by atoms with Crippen LogP contribution in [0.4, 0.5) is 0 Å². The number of sulfonamides is 1. The van der Waals surface area contributed by atoms with E-state index in [1.165, 1.54) is 0 Å². The zero-order valence-electron chi connectivity index (χ0n) is 11.8. The van der Waals surface area contributed by atoms with Crippen LogP contribution in [0.1, 0.15) is 24.7 Å². The third-order valence-corrected chi connectivity index (χ3v) is 5.12. The molecular weight excluding hydrogens is 284 g/mol. The van der Waals surface area contributed by atoms with E-state index < -0.39 is 10.0 Å². The van der Waals surface area contributed by atoms with Gasteiger partial charge in [0.15, 0.2) is 0 Å². The van der Waals surface area contributed by atoms with Crippen LogP contribution in [0.2, 0.25) is 0 Å². The molecule has 8 heteroatoms. The van der Waals surface area contributed by atoms with Gasteiger partial charge in [-0.15, -0.1) is 0 Å². The Balaban J connectivity index is 2.90. The average Bonchev–Trinajstić information content (AvgIpc) is 2.68. The second-order valence-corrected chi connectivity index (χ2v) is 7.09. The zero-order valence-corrected chi connectivity index (χ0v) is 13.4. The monoisotopic (exact) mass is 306 g/mol. The van der Waals surface area contributed by atoms with Crippen molar-refractivity contribution in [3.63, 3.8) is 0 Å². The van der Waals surface area contributed by atoms with E-state index in [4.69, 9.17) is 0 Å². The first-order valence-electron chi connectivity index (χ1n) is 6.12. The van der Waals surface area contributed by atoms with Crippen LogP contribution < -0.4 is 10.0 Å². The maximum atomic E-state index is 12.4. The summed E-state index contributed by atoms with van der Waals surface area (Å²) in [7, 11) is -1.76. The molecule has 6 nitrogen and oxygen atoms in total. The minimum absolute atomic E-state index is 0.0887. The van der Waals surface area contributed by atoms with Crippen LogP contribution in [0.15, 0.2) is 4.90 Å². The predicted molar refractivity (Wildman–Crippen MR) is 78.9 cm³/mol. The third kappa shape index (κ3) is 4.48. The van der Waals surface area contributed by atoms with Gasteiger partial charge >= 0.3 is 0 Å². The van der Waals surface area contributed by atoms with Crippen molar-refractivity contribution < 1.29 is 8.42 Å². The number of hydrogen-bond acceptors (Lipinski definition) is 5. The minimum atomic E-state index is -3.52. The van der Waals surface area contributed by atoms with E-state index in [1.54, 1.807) is 25.7 Å². The van der Waals surface area contributed by atoms with Crippen LogP contribution in [0.5, 0.6) is 0 Å². The standard InChI is InChI=1S/C11H22N4O2S2/c1-8(5-6-18-4)15-19(16,17)11-9(2)13-14-10(11)7-12-3/h8,12,15H,5-7H2,1-4H3,(H,13,14). The summed E-state index contributed by atoms with van der Waals surface area (Å²) in [4.78, 5) is 0.262. The minimum Gasteiger partial charge on any atom is -0.314 e. The summed E-state index contributed by atoms with van der Waals surface area (Å²) in [5.41, 5.74) is 1.08. The molecule has 0 aromatic carbocycles. The van der Waals surface area contributed by atoms with Crippen molar-refractivity contribution in [3.05, 3.63) is 11.4 Å². The molecule has 0 radical (unpaired) electrons. The van der Waals surface area contributed by atoms with Crippen LogP contribution in [0.3, 0.4) is 0 Å². The van der Waals surface area contributed by atoms with E-state index in [0.717, 1.165) is 12.2 Å². The molecule has 1 rings (SSSR count). The summed E-state index contributed by atoms with van der Waals surface area (Å²) in [5, 5.41) is 9.68. The van der Waals surface area contributed by atoms with Crippen molar-refractivity contribution in [2.75, 3.05) is 19.1 Å². The summed E-state index contributed by atoms with van der Waals surface area (Å²) in [6.07, 6.45) is 2.81. The Kier molecular flexibility index (Phi) is 6.31. The molecule has 0 aliphatic carbocycles. The number of aromatic nitrogens is 2. The molecule has 19 heavy (non-hydrogen) atoms. The van der Waals surface area contributed by atoms with Crippen LogP contribution in [0, 0.1) is 6.92 Å². The Labute approximate surface area is 119 Å². The lowest BCUT2D eigenvalue weighted by Crippen LogP contribution is -2.34. The van der Waals surface area contributed by atoms with Crippen molar-refractivity contribution >= 4 is 21.8 Å². The van der Waals surface area contributed by atoms with Gasteiger partial charge in [0.25, 0.3) is 0 Å². The van der Waals surface area contributed by atoms with E-state index in [0.29, 0.717) is 17.9 Å². The van der Waals surface area contributed by atoms with E-state index >= 15 is 0 Å². The van der Waals surface area contributed by atoms with Crippen molar-refractivity contribution in [2.24, 2.45) is 0 Å². The molecule has 0 amide bonds. The summed E-state index contributed by atoms with van der Waals surface area (Å²) >= 11 is 1.70. The molecule has 0 spiro atoms. The first-order valence-corrected chi connectivity index (χ1v) is 8.99. The fourth-order valence-electron chi connectivity index (χ4n) is 1.79. The fourth-order valence-corrected chi connectivity index (χ4v) is 4.02. The van der Waals surface area contributed by atoms with Gasteiger partial charge < -0.3 is 5.32 Å². The second-order valence-electron chi connectivity index (χ2n) is 4.46. The highest BCUT2D eigenvalue weighted by atomic mass is 32.2. The van der Waals surface area contributed by atoms with Gasteiger partial charge in [-0.1, -0.05) is 0 Å². The van der Waals surface area contributed by atoms with Gasteiger partial charge in [-0.2, -0.15) is 16.9 Å². The zero-order chi connectivity index (χ0) is 14.5. The first-order chi connectivity index (χ1) is 8.92. The van der Waals surface area contributed by atoms with Crippen LogP contribution in [-0.4, -0.2) is 43.7 Å². The highest BCUT2D eigenvalue weighted by Crippen LogP contribution is 2.18. The van der Waals surface area contributed by atoms with Gasteiger partial charge in [-0.05, 0) is 39.3 Å². The molecule has 0 aliphatic rings. The van der Waals surface area contributed by atoms with Gasteiger partial charge in [0.05, 0.1) is 11.4 Å². The molecule has 0 saturated heterocycles. The van der Waals surface area contributed by atoms with Gasteiger partial charge in [0.2, 0.25) is 10.0 Å². The normalized spacial score (nSPS) is 13.7. The topological polar surface area (TPSA) is 86.9 Å². The molecule has 1 unspecified atom stereocenters. The number of hydrogen-bond donors (Lipinski definition) is 3. The molecule has 0 aliphatic heterocycles. The number of aryl methyl sites for hydroxylation is 1. The lowest BCUT2D eigenvalue weighted by molar-refractivity contribution is 0.555. The van der Waals surface area contributed by atoms with E-state index in [2.05, 4.69) is 20.2 Å². The first kappa shape index (κ1) is 16.5. The number of H-pyrrole nitrogens is 1. The highest BCUT2D eigenvalue weighted by molar-refractivity contribution is 7.98. The Morgan fingerprint density at radius 3 is 2.74 bits per heavy atom. The third-order valence-electron chi connectivity index (χ3n) is 2.69. The fraction of sp³-hybridized carbons (Fsp3) is 0.727. The Morgan fingerprint density at radius 2 is 2.16 bits per heavy atom. The molecule has 110 valence electrons. The van der Waals surface area contributed by atoms with Crippen LogP contribution in [0.25, 0.3) is 0 Å². The second kappa shape index (κ2) is 7.28. The van der Waals surface area contributed by atoms with Crippen molar-refractivity contribution in [1.29, 1.82) is 0 Å². The average molecular weight is 306 g/mol. The number of rotatable bonds is 8. The van der Waals surface area contributed by atoms with E-state index in [1.807, 2.05) is 13.2 Å². The van der Waals surface area contributed by atoms with Gasteiger partial charge in [0, 0.05) is 12.6 Å². The highest BCUT2D eigenvalue weighted by Gasteiger charge is 2.25. The number of thioether (sulfide) groups is 1. The summed E-state index contributed by atoms with van der Waals surface area (Å²) < 4.78 is 27.5. The maximum Gasteiger partial charge on any atom is 0.244 e. The molecule has 1 aromatic heterocycles. The molecule has 1 heterocycles. The molecule has 3 N–H and O–H groups in total. The maximum absolute atomic E-state index is 12.4. The smallest absolute Gasteiger partial charge is 0.244 e. The quantitative estimate of drug-likeness (QED) is 0.663. The summed E-state index contributed by atoms with van der Waals surface area (Å²) in [6, 6.07) is -0.0887. The van der Waals surface area contributed by atoms with E-state index in [9.17, 15) is 8.42 Å². The number of aromatic amines is 1. The molecule has 1 atom stereocenters. The molecule has 0 fully saturated rings. The van der Waals surface area contributed by atoms with Crippen LogP contribution in [-0.2, 0) is 16.6 Å². The molecule has 0 bridgehead atoms. The van der Waals surface area contributed by atoms with Crippen LogP contribution >= 0.6 is 11.8 Å². The van der Waals surface area contributed by atoms with Gasteiger partial charge in [-0.25, -0.2) is 13.1 Å². The molecular formula is C11H22N4O2S2. The number of nitrogens with zero attached hydrogens (tertiary/aromatic N) is 1. The van der Waals surface area contributed by atoms with E-state index in [-0.39, 0.29) is 10.9 Å². The predicted octanol–water partition coefficient (Wildman–Crippen LogP) is 0.857. The SMILES string of the molecule is CNCc1n[nH]c(C)c1S(=O)(=O)NC(C)CCSC. The lowest BCUT2D eigenvalue weighted by Gasteiger charge is -2.14. The van der Waals surface area contributed by atoms with Gasteiger partial charge in [0.1, 0.15) is 4.90 Å². The van der Waals surface area contributed by atoms with Gasteiger partial charge in [-0.3, -0.25) is 5.10 Å². The lowest BCUT2D eigenvalue weighted by atomic mass is 10.3. The molecule has 0 saturated carbocycles. The Bertz CT molecular complexity index is 499. The largest absolute Gasteiger partial charge is 0.314 e. The van der Waals surface area contributed by atoms with Crippen molar-refractivity contribution in [3.8, 4) is 0 Å². The molecule has 1 aromatic rings. The summed E-state index contributed by atoms with van der Waals surface area (Å²) in [5.74, 6) is 0.928. The Morgan fingerprint density at radius 1 is 1.47 bits per heavy atom. The Hall–Kier alpha value is -0.570. The van der Waals surface area contributed by atoms with Crippen molar-refractivity contribution in [2.45, 2.75) is 37.8 Å².